The largest absolute Gasteiger partial charge is 0.315 e. The van der Waals surface area contributed by atoms with Crippen molar-refractivity contribution in [3.63, 3.8) is 0 Å². The Morgan fingerprint density at radius 1 is 1.05 bits per heavy atom. The number of piperidine rings is 1. The molecule has 2 aliphatic rings. The van der Waals surface area contributed by atoms with Crippen molar-refractivity contribution in [1.29, 1.82) is 0 Å². The summed E-state index contributed by atoms with van der Waals surface area (Å²) in [4.78, 5) is 2.82. The van der Waals surface area contributed by atoms with Gasteiger partial charge in [0.1, 0.15) is 0 Å². The minimum atomic E-state index is 0.492. The van der Waals surface area contributed by atoms with Crippen LogP contribution in [-0.4, -0.2) is 37.1 Å². The maximum Gasteiger partial charge on any atom is 0.0251 e. The lowest BCUT2D eigenvalue weighted by Crippen LogP contribution is -2.55. The van der Waals surface area contributed by atoms with Gasteiger partial charge in [-0.25, -0.2) is 0 Å². The quantitative estimate of drug-likeness (QED) is 0.831. The second kappa shape index (κ2) is 7.46. The summed E-state index contributed by atoms with van der Waals surface area (Å²) in [7, 11) is 2.17. The van der Waals surface area contributed by atoms with Crippen molar-refractivity contribution in [2.24, 2.45) is 17.3 Å². The molecule has 1 saturated carbocycles. The monoisotopic (exact) mass is 294 g/mol. The van der Waals surface area contributed by atoms with Crippen molar-refractivity contribution in [1.82, 2.24) is 10.2 Å². The molecular formula is C19H38N2. The molecule has 1 heterocycles. The summed E-state index contributed by atoms with van der Waals surface area (Å²) in [5, 5.41) is 3.61. The van der Waals surface area contributed by atoms with E-state index in [4.69, 9.17) is 0 Å². The minimum Gasteiger partial charge on any atom is -0.315 e. The molecular weight excluding hydrogens is 256 g/mol. The molecule has 2 heteroatoms. The Kier molecular flexibility index (Phi) is 6.14. The van der Waals surface area contributed by atoms with E-state index in [-0.39, 0.29) is 0 Å². The summed E-state index contributed by atoms with van der Waals surface area (Å²) >= 11 is 0. The second-order valence-corrected chi connectivity index (χ2v) is 8.61. The van der Waals surface area contributed by atoms with Crippen molar-refractivity contribution in [3.05, 3.63) is 0 Å². The SMILES string of the molecule is CCCC1CCC(NC)C(N2CCC(C(C)(C)C)CC2)C1. The third-order valence-corrected chi connectivity index (χ3v) is 6.22. The molecule has 1 N–H and O–H groups in total. The van der Waals surface area contributed by atoms with E-state index in [2.05, 4.69) is 45.0 Å². The topological polar surface area (TPSA) is 15.3 Å². The molecule has 2 rings (SSSR count). The number of hydrogen-bond acceptors (Lipinski definition) is 2. The average Bonchev–Trinajstić information content (AvgIpc) is 2.47. The Bertz CT molecular complexity index is 299. The zero-order valence-electron chi connectivity index (χ0n) is 15.1. The standard InChI is InChI=1S/C19H38N2/c1-6-7-15-8-9-17(20-5)18(14-15)21-12-10-16(11-13-21)19(2,3)4/h15-18,20H,6-14H2,1-5H3. The van der Waals surface area contributed by atoms with E-state index in [0.717, 1.165) is 23.9 Å². The van der Waals surface area contributed by atoms with Crippen LogP contribution < -0.4 is 5.32 Å². The molecule has 0 radical (unpaired) electrons. The van der Waals surface area contributed by atoms with Gasteiger partial charge in [-0.05, 0) is 69.5 Å². The van der Waals surface area contributed by atoms with Gasteiger partial charge in [-0.1, -0.05) is 40.5 Å². The van der Waals surface area contributed by atoms with Crippen molar-refractivity contribution in [2.75, 3.05) is 20.1 Å². The minimum absolute atomic E-state index is 0.492. The van der Waals surface area contributed by atoms with Crippen molar-refractivity contribution in [3.8, 4) is 0 Å². The van der Waals surface area contributed by atoms with Gasteiger partial charge in [-0.2, -0.15) is 0 Å². The van der Waals surface area contributed by atoms with Crippen LogP contribution in [0.3, 0.4) is 0 Å². The lowest BCUT2D eigenvalue weighted by Gasteiger charge is -2.47. The van der Waals surface area contributed by atoms with Crippen LogP contribution in [0, 0.1) is 17.3 Å². The molecule has 1 aliphatic carbocycles. The van der Waals surface area contributed by atoms with Gasteiger partial charge in [0.15, 0.2) is 0 Å². The predicted molar refractivity (Wildman–Crippen MR) is 92.6 cm³/mol. The van der Waals surface area contributed by atoms with E-state index in [1.54, 1.807) is 0 Å². The lowest BCUT2D eigenvalue weighted by molar-refractivity contribution is 0.0416. The van der Waals surface area contributed by atoms with Gasteiger partial charge in [0, 0.05) is 12.1 Å². The summed E-state index contributed by atoms with van der Waals surface area (Å²) in [5.74, 6) is 1.89. The van der Waals surface area contributed by atoms with Gasteiger partial charge < -0.3 is 5.32 Å². The Morgan fingerprint density at radius 3 is 2.24 bits per heavy atom. The van der Waals surface area contributed by atoms with Crippen LogP contribution in [0.4, 0.5) is 0 Å². The van der Waals surface area contributed by atoms with Crippen LogP contribution in [-0.2, 0) is 0 Å². The summed E-state index contributed by atoms with van der Waals surface area (Å²) in [6, 6.07) is 1.52. The van der Waals surface area contributed by atoms with E-state index >= 15 is 0 Å². The smallest absolute Gasteiger partial charge is 0.0251 e. The lowest BCUT2D eigenvalue weighted by atomic mass is 9.74. The number of nitrogens with zero attached hydrogens (tertiary/aromatic N) is 1. The predicted octanol–water partition coefficient (Wildman–Crippen LogP) is 4.30. The first kappa shape index (κ1) is 17.3. The van der Waals surface area contributed by atoms with Gasteiger partial charge in [0.05, 0.1) is 0 Å². The highest BCUT2D eigenvalue weighted by molar-refractivity contribution is 4.93. The van der Waals surface area contributed by atoms with Crippen LogP contribution in [0.1, 0.15) is 72.6 Å². The average molecular weight is 295 g/mol. The summed E-state index contributed by atoms with van der Waals surface area (Å²) < 4.78 is 0. The molecule has 3 atom stereocenters. The van der Waals surface area contributed by atoms with Gasteiger partial charge in [0.25, 0.3) is 0 Å². The van der Waals surface area contributed by atoms with Crippen LogP contribution >= 0.6 is 0 Å². The highest BCUT2D eigenvalue weighted by Crippen LogP contribution is 2.37. The Balaban J connectivity index is 1.92. The number of hydrogen-bond donors (Lipinski definition) is 1. The Labute approximate surface area is 133 Å². The normalized spacial score (nSPS) is 33.3. The highest BCUT2D eigenvalue weighted by atomic mass is 15.2. The van der Waals surface area contributed by atoms with Gasteiger partial charge in [0.2, 0.25) is 0 Å². The van der Waals surface area contributed by atoms with Crippen LogP contribution in [0.15, 0.2) is 0 Å². The van der Waals surface area contributed by atoms with E-state index in [1.165, 1.54) is 58.0 Å². The molecule has 0 bridgehead atoms. The molecule has 1 saturated heterocycles. The molecule has 0 amide bonds. The molecule has 2 fully saturated rings. The Morgan fingerprint density at radius 2 is 1.71 bits per heavy atom. The first-order valence-electron chi connectivity index (χ1n) is 9.37. The van der Waals surface area contributed by atoms with Crippen LogP contribution in [0.25, 0.3) is 0 Å². The van der Waals surface area contributed by atoms with Gasteiger partial charge in [-0.3, -0.25) is 4.90 Å². The summed E-state index contributed by atoms with van der Waals surface area (Å²) in [5.41, 5.74) is 0.492. The van der Waals surface area contributed by atoms with Crippen molar-refractivity contribution >= 4 is 0 Å². The van der Waals surface area contributed by atoms with E-state index in [0.29, 0.717) is 5.41 Å². The first-order valence-corrected chi connectivity index (χ1v) is 9.37. The van der Waals surface area contributed by atoms with Crippen molar-refractivity contribution in [2.45, 2.75) is 84.7 Å². The van der Waals surface area contributed by atoms with Crippen molar-refractivity contribution < 1.29 is 0 Å². The fourth-order valence-corrected chi connectivity index (χ4v) is 4.74. The molecule has 2 nitrogen and oxygen atoms in total. The third-order valence-electron chi connectivity index (χ3n) is 6.22. The Hall–Kier alpha value is -0.0800. The second-order valence-electron chi connectivity index (χ2n) is 8.61. The first-order chi connectivity index (χ1) is 9.95. The number of nitrogens with one attached hydrogen (secondary N) is 1. The molecule has 0 spiro atoms. The molecule has 0 aromatic carbocycles. The van der Waals surface area contributed by atoms with Crippen LogP contribution in [0.2, 0.25) is 0 Å². The maximum atomic E-state index is 3.61. The van der Waals surface area contributed by atoms with Gasteiger partial charge in [-0.15, -0.1) is 0 Å². The summed E-state index contributed by atoms with van der Waals surface area (Å²) in [6.45, 7) is 12.2. The molecule has 1 aliphatic heterocycles. The van der Waals surface area contributed by atoms with Gasteiger partial charge >= 0.3 is 0 Å². The zero-order chi connectivity index (χ0) is 15.5. The summed E-state index contributed by atoms with van der Waals surface area (Å²) in [6.07, 6.45) is 9.84. The molecule has 0 aromatic heterocycles. The molecule has 3 unspecified atom stereocenters. The molecule has 0 aromatic rings. The number of likely N-dealkylation sites (N-methyl/N-ethyl adjacent to an activating group) is 1. The van der Waals surface area contributed by atoms with E-state index in [9.17, 15) is 0 Å². The fourth-order valence-electron chi connectivity index (χ4n) is 4.74. The highest BCUT2D eigenvalue weighted by Gasteiger charge is 2.36. The van der Waals surface area contributed by atoms with E-state index < -0.39 is 0 Å². The molecule has 21 heavy (non-hydrogen) atoms. The zero-order valence-corrected chi connectivity index (χ0v) is 15.1. The maximum absolute atomic E-state index is 3.61. The number of likely N-dealkylation sites (tertiary alicyclic amines) is 1. The van der Waals surface area contributed by atoms with Crippen LogP contribution in [0.5, 0.6) is 0 Å². The fraction of sp³-hybridized carbons (Fsp3) is 1.00. The molecule has 124 valence electrons. The number of rotatable bonds is 4. The van der Waals surface area contributed by atoms with E-state index in [1.807, 2.05) is 0 Å². The third kappa shape index (κ3) is 4.45.